The summed E-state index contributed by atoms with van der Waals surface area (Å²) in [6.07, 6.45) is 3.77. The van der Waals surface area contributed by atoms with Crippen molar-refractivity contribution in [1.29, 1.82) is 0 Å². The van der Waals surface area contributed by atoms with Crippen molar-refractivity contribution in [3.05, 3.63) is 34.4 Å². The number of nitrogens with one attached hydrogen (secondary N) is 1. The second kappa shape index (κ2) is 6.76. The monoisotopic (exact) mass is 309 g/mol. The van der Waals surface area contributed by atoms with E-state index in [9.17, 15) is 4.79 Å². The third kappa shape index (κ3) is 3.64. The zero-order valence-electron chi connectivity index (χ0n) is 12.6. The summed E-state index contributed by atoms with van der Waals surface area (Å²) in [6.45, 7) is 7.79. The van der Waals surface area contributed by atoms with E-state index in [2.05, 4.69) is 15.5 Å². The number of aromatic nitrogens is 4. The topological polar surface area (TPSA) is 64.7 Å². The molecule has 0 saturated carbocycles. The predicted octanol–water partition coefficient (Wildman–Crippen LogP) is 2.08. The van der Waals surface area contributed by atoms with Gasteiger partial charge in [-0.1, -0.05) is 11.6 Å². The fourth-order valence-electron chi connectivity index (χ4n) is 2.12. The molecule has 7 heteroatoms. The first kappa shape index (κ1) is 15.6. The number of carbonyl (C=O) groups excluding carboxylic acids is 1. The van der Waals surface area contributed by atoms with Gasteiger partial charge in [0.05, 0.1) is 29.7 Å². The summed E-state index contributed by atoms with van der Waals surface area (Å²) in [7, 11) is 0. The van der Waals surface area contributed by atoms with Crippen molar-refractivity contribution >= 4 is 17.5 Å². The lowest BCUT2D eigenvalue weighted by Gasteiger charge is -2.07. The van der Waals surface area contributed by atoms with E-state index in [0.717, 1.165) is 23.5 Å². The number of nitrogens with zero attached hydrogens (tertiary/aromatic N) is 4. The Morgan fingerprint density at radius 3 is 2.52 bits per heavy atom. The molecule has 0 spiro atoms. The third-order valence-corrected chi connectivity index (χ3v) is 3.95. The van der Waals surface area contributed by atoms with E-state index in [4.69, 9.17) is 11.6 Å². The van der Waals surface area contributed by atoms with E-state index in [0.29, 0.717) is 24.5 Å². The molecule has 0 fully saturated rings. The van der Waals surface area contributed by atoms with E-state index in [1.165, 1.54) is 0 Å². The lowest BCUT2D eigenvalue weighted by Crippen LogP contribution is -2.24. The van der Waals surface area contributed by atoms with Gasteiger partial charge in [0.1, 0.15) is 0 Å². The lowest BCUT2D eigenvalue weighted by atomic mass is 10.2. The molecule has 0 atom stereocenters. The van der Waals surface area contributed by atoms with E-state index in [-0.39, 0.29) is 5.91 Å². The molecule has 114 valence electrons. The highest BCUT2D eigenvalue weighted by Gasteiger charge is 2.09. The van der Waals surface area contributed by atoms with Crippen LogP contribution in [0.5, 0.6) is 0 Å². The van der Waals surface area contributed by atoms with Crippen LogP contribution in [-0.2, 0) is 24.4 Å². The second-order valence-corrected chi connectivity index (χ2v) is 5.31. The molecule has 6 nitrogen and oxygen atoms in total. The molecule has 2 aromatic rings. The van der Waals surface area contributed by atoms with E-state index < -0.39 is 0 Å². The largest absolute Gasteiger partial charge is 0.352 e. The molecular formula is C14H20ClN5O. The van der Waals surface area contributed by atoms with Crippen LogP contribution in [-0.4, -0.2) is 25.5 Å². The first-order chi connectivity index (χ1) is 10.0. The molecule has 0 unspecified atom stereocenters. The van der Waals surface area contributed by atoms with Gasteiger partial charge in [0.15, 0.2) is 0 Å². The molecule has 0 radical (unpaired) electrons. The maximum absolute atomic E-state index is 11.9. The Labute approximate surface area is 129 Å². The molecule has 1 amide bonds. The summed E-state index contributed by atoms with van der Waals surface area (Å²) in [6, 6.07) is 0. The van der Waals surface area contributed by atoms with Gasteiger partial charge in [-0.05, 0) is 20.8 Å². The second-order valence-electron chi connectivity index (χ2n) is 4.90. The first-order valence-corrected chi connectivity index (χ1v) is 7.36. The zero-order valence-corrected chi connectivity index (χ0v) is 13.3. The molecule has 0 aliphatic carbocycles. The van der Waals surface area contributed by atoms with Crippen LogP contribution in [0, 0.1) is 13.8 Å². The minimum Gasteiger partial charge on any atom is -0.352 e. The van der Waals surface area contributed by atoms with Crippen LogP contribution >= 0.6 is 11.6 Å². The van der Waals surface area contributed by atoms with Gasteiger partial charge in [0.25, 0.3) is 0 Å². The number of amides is 1. The van der Waals surface area contributed by atoms with Gasteiger partial charge in [0, 0.05) is 30.8 Å². The fourth-order valence-corrected chi connectivity index (χ4v) is 2.26. The van der Waals surface area contributed by atoms with Crippen LogP contribution in [0.3, 0.4) is 0 Å². The quantitative estimate of drug-likeness (QED) is 0.888. The van der Waals surface area contributed by atoms with Gasteiger partial charge in [-0.3, -0.25) is 14.2 Å². The highest BCUT2D eigenvalue weighted by molar-refractivity contribution is 6.31. The summed E-state index contributed by atoms with van der Waals surface area (Å²) in [4.78, 5) is 11.9. The zero-order chi connectivity index (χ0) is 15.4. The van der Waals surface area contributed by atoms with Crippen LogP contribution in [0.1, 0.15) is 30.3 Å². The molecule has 0 aromatic carbocycles. The van der Waals surface area contributed by atoms with Crippen LogP contribution in [0.25, 0.3) is 0 Å². The van der Waals surface area contributed by atoms with Crippen molar-refractivity contribution in [2.24, 2.45) is 0 Å². The minimum atomic E-state index is -0.00956. The maximum Gasteiger partial charge on any atom is 0.222 e. The Hall–Kier alpha value is -1.82. The predicted molar refractivity (Wildman–Crippen MR) is 81.1 cm³/mol. The van der Waals surface area contributed by atoms with Crippen LogP contribution in [0.4, 0.5) is 0 Å². The van der Waals surface area contributed by atoms with Crippen LogP contribution in [0.2, 0.25) is 5.02 Å². The summed E-state index contributed by atoms with van der Waals surface area (Å²) >= 11 is 5.93. The van der Waals surface area contributed by atoms with Gasteiger partial charge in [-0.25, -0.2) is 0 Å². The van der Waals surface area contributed by atoms with Crippen molar-refractivity contribution in [3.63, 3.8) is 0 Å². The number of carbonyl (C=O) groups is 1. The molecule has 0 aliphatic rings. The fraction of sp³-hybridized carbons (Fsp3) is 0.500. The van der Waals surface area contributed by atoms with Crippen molar-refractivity contribution in [1.82, 2.24) is 24.9 Å². The van der Waals surface area contributed by atoms with Crippen LogP contribution in [0.15, 0.2) is 12.4 Å². The number of rotatable bonds is 6. The maximum atomic E-state index is 11.9. The number of hydrogen-bond donors (Lipinski definition) is 1. The van der Waals surface area contributed by atoms with Gasteiger partial charge in [-0.15, -0.1) is 0 Å². The highest BCUT2D eigenvalue weighted by Crippen LogP contribution is 2.13. The van der Waals surface area contributed by atoms with Gasteiger partial charge < -0.3 is 5.32 Å². The molecule has 21 heavy (non-hydrogen) atoms. The smallest absolute Gasteiger partial charge is 0.222 e. The Balaban J connectivity index is 1.82. The standard InChI is InChI=1S/C14H20ClN5O/c1-4-19-10(2)12(8-17-19)7-16-14(21)5-6-20-11(3)13(15)9-18-20/h8-9H,4-7H2,1-3H3,(H,16,21). The summed E-state index contributed by atoms with van der Waals surface area (Å²) < 4.78 is 3.65. The van der Waals surface area contributed by atoms with Gasteiger partial charge in [0.2, 0.25) is 5.91 Å². The Kier molecular flexibility index (Phi) is 5.01. The number of hydrogen-bond acceptors (Lipinski definition) is 3. The summed E-state index contributed by atoms with van der Waals surface area (Å²) in [5.74, 6) is -0.00956. The van der Waals surface area contributed by atoms with Crippen molar-refractivity contribution < 1.29 is 4.79 Å². The molecule has 0 bridgehead atoms. The summed E-state index contributed by atoms with van der Waals surface area (Å²) in [5, 5.41) is 11.9. The van der Waals surface area contributed by atoms with Crippen LogP contribution < -0.4 is 5.32 Å². The molecule has 1 N–H and O–H groups in total. The molecule has 0 saturated heterocycles. The first-order valence-electron chi connectivity index (χ1n) is 6.98. The average molecular weight is 310 g/mol. The van der Waals surface area contributed by atoms with Crippen molar-refractivity contribution in [2.75, 3.05) is 0 Å². The Bertz CT molecular complexity index is 631. The molecule has 0 aliphatic heterocycles. The normalized spacial score (nSPS) is 10.9. The molecule has 2 heterocycles. The average Bonchev–Trinajstić information content (AvgIpc) is 2.99. The lowest BCUT2D eigenvalue weighted by molar-refractivity contribution is -0.121. The van der Waals surface area contributed by atoms with Gasteiger partial charge >= 0.3 is 0 Å². The minimum absolute atomic E-state index is 0.00956. The molecule has 2 aromatic heterocycles. The molecule has 2 rings (SSSR count). The van der Waals surface area contributed by atoms with Crippen molar-refractivity contribution in [2.45, 2.75) is 46.8 Å². The van der Waals surface area contributed by atoms with E-state index >= 15 is 0 Å². The van der Waals surface area contributed by atoms with Gasteiger partial charge in [-0.2, -0.15) is 10.2 Å². The third-order valence-electron chi connectivity index (χ3n) is 3.57. The Morgan fingerprint density at radius 2 is 1.95 bits per heavy atom. The highest BCUT2D eigenvalue weighted by atomic mass is 35.5. The van der Waals surface area contributed by atoms with Crippen molar-refractivity contribution in [3.8, 4) is 0 Å². The number of halogens is 1. The Morgan fingerprint density at radius 1 is 1.24 bits per heavy atom. The SMILES string of the molecule is CCn1ncc(CNC(=O)CCn2ncc(Cl)c2C)c1C. The molecular weight excluding hydrogens is 290 g/mol. The number of aryl methyl sites for hydroxylation is 2. The van der Waals surface area contributed by atoms with E-state index in [1.54, 1.807) is 17.1 Å². The summed E-state index contributed by atoms with van der Waals surface area (Å²) in [5.41, 5.74) is 3.01. The van der Waals surface area contributed by atoms with E-state index in [1.807, 2.05) is 25.5 Å².